The molecule has 0 saturated carbocycles. The van der Waals surface area contributed by atoms with Crippen LogP contribution in [0.25, 0.3) is 17.0 Å². The summed E-state index contributed by atoms with van der Waals surface area (Å²) in [5.74, 6) is 3.00. The SMILES string of the molecule is Cc1nn(-c2ccccc2)c2c1[C@H](c1ccc(-c3cc(Cl)ccc3Cl)o1)N1C(=N2)N(Cc2ccccc2)c2ccccc21. The summed E-state index contributed by atoms with van der Waals surface area (Å²) < 4.78 is 8.59. The van der Waals surface area contributed by atoms with Gasteiger partial charge < -0.3 is 9.32 Å². The summed E-state index contributed by atoms with van der Waals surface area (Å²) in [7, 11) is 0. The molecule has 0 fully saturated rings. The first kappa shape index (κ1) is 25.9. The Morgan fingerprint density at radius 2 is 1.51 bits per heavy atom. The van der Waals surface area contributed by atoms with Gasteiger partial charge in [0.2, 0.25) is 5.96 Å². The van der Waals surface area contributed by atoms with Crippen LogP contribution in [0, 0.1) is 6.92 Å². The zero-order chi connectivity index (χ0) is 29.1. The van der Waals surface area contributed by atoms with Gasteiger partial charge in [-0.1, -0.05) is 83.9 Å². The van der Waals surface area contributed by atoms with Gasteiger partial charge in [-0.05, 0) is 67.1 Å². The molecule has 2 aromatic heterocycles. The molecule has 210 valence electrons. The number of furan rings is 1. The van der Waals surface area contributed by atoms with Crippen molar-refractivity contribution in [2.24, 2.45) is 4.99 Å². The average molecular weight is 603 g/mol. The lowest BCUT2D eigenvalue weighted by atomic mass is 10.0. The Balaban J connectivity index is 1.35. The van der Waals surface area contributed by atoms with E-state index in [0.29, 0.717) is 22.4 Å². The molecular weight excluding hydrogens is 577 g/mol. The Morgan fingerprint density at radius 1 is 0.791 bits per heavy atom. The molecule has 0 amide bonds. The smallest absolute Gasteiger partial charge is 0.213 e. The van der Waals surface area contributed by atoms with Crippen LogP contribution >= 0.6 is 23.2 Å². The number of para-hydroxylation sites is 3. The van der Waals surface area contributed by atoms with Crippen LogP contribution in [0.5, 0.6) is 0 Å². The number of aliphatic imine (C=N–C) groups is 1. The molecule has 8 rings (SSSR count). The van der Waals surface area contributed by atoms with Crippen molar-refractivity contribution >= 4 is 46.4 Å². The van der Waals surface area contributed by atoms with Gasteiger partial charge in [0.25, 0.3) is 0 Å². The number of nitrogens with zero attached hydrogens (tertiary/aromatic N) is 5. The van der Waals surface area contributed by atoms with Gasteiger partial charge in [-0.3, -0.25) is 4.90 Å². The number of guanidine groups is 1. The number of halogens is 2. The van der Waals surface area contributed by atoms with Crippen molar-refractivity contribution in [3.63, 3.8) is 0 Å². The summed E-state index contributed by atoms with van der Waals surface area (Å²) in [5.41, 5.74) is 6.88. The van der Waals surface area contributed by atoms with E-state index < -0.39 is 0 Å². The minimum Gasteiger partial charge on any atom is -0.458 e. The number of fused-ring (bicyclic) bond motifs is 4. The van der Waals surface area contributed by atoms with Crippen LogP contribution in [-0.2, 0) is 6.54 Å². The van der Waals surface area contributed by atoms with Gasteiger partial charge in [0.05, 0.1) is 39.9 Å². The quantitative estimate of drug-likeness (QED) is 0.197. The summed E-state index contributed by atoms with van der Waals surface area (Å²) in [5, 5.41) is 6.17. The van der Waals surface area contributed by atoms with E-state index in [2.05, 4.69) is 58.3 Å². The Kier molecular flexibility index (Phi) is 6.14. The average Bonchev–Trinajstić information content (AvgIpc) is 3.74. The second-order valence-electron chi connectivity index (χ2n) is 10.6. The van der Waals surface area contributed by atoms with Crippen LogP contribution in [0.15, 0.2) is 125 Å². The molecule has 0 unspecified atom stereocenters. The van der Waals surface area contributed by atoms with Crippen LogP contribution in [0.3, 0.4) is 0 Å². The third-order valence-electron chi connectivity index (χ3n) is 7.98. The molecule has 8 heteroatoms. The van der Waals surface area contributed by atoms with Crippen molar-refractivity contribution in [3.05, 3.63) is 148 Å². The summed E-state index contributed by atoms with van der Waals surface area (Å²) in [4.78, 5) is 9.90. The van der Waals surface area contributed by atoms with E-state index in [-0.39, 0.29) is 6.04 Å². The Labute approximate surface area is 259 Å². The molecule has 6 nitrogen and oxygen atoms in total. The predicted octanol–water partition coefficient (Wildman–Crippen LogP) is 9.36. The fourth-order valence-electron chi connectivity index (χ4n) is 6.06. The summed E-state index contributed by atoms with van der Waals surface area (Å²) >= 11 is 12.9. The maximum absolute atomic E-state index is 6.65. The molecule has 0 bridgehead atoms. The Hall–Kier alpha value is -4.78. The number of anilines is 2. The fraction of sp³-hybridized carbons (Fsp3) is 0.0857. The van der Waals surface area contributed by atoms with Gasteiger partial charge in [0.15, 0.2) is 5.82 Å². The molecule has 0 saturated heterocycles. The highest BCUT2D eigenvalue weighted by Crippen LogP contribution is 2.51. The van der Waals surface area contributed by atoms with E-state index in [1.165, 1.54) is 5.56 Å². The number of rotatable bonds is 5. The third-order valence-corrected chi connectivity index (χ3v) is 8.55. The zero-order valence-corrected chi connectivity index (χ0v) is 24.7. The van der Waals surface area contributed by atoms with E-state index in [0.717, 1.165) is 51.4 Å². The maximum Gasteiger partial charge on any atom is 0.213 e. The lowest BCUT2D eigenvalue weighted by molar-refractivity contribution is 0.499. The molecule has 43 heavy (non-hydrogen) atoms. The number of aromatic nitrogens is 2. The summed E-state index contributed by atoms with van der Waals surface area (Å²) in [6.45, 7) is 2.70. The van der Waals surface area contributed by atoms with Gasteiger partial charge in [-0.15, -0.1) is 0 Å². The molecule has 1 atom stereocenters. The minimum absolute atomic E-state index is 0.325. The van der Waals surface area contributed by atoms with E-state index >= 15 is 0 Å². The second kappa shape index (κ2) is 10.2. The van der Waals surface area contributed by atoms with Gasteiger partial charge in [0.1, 0.15) is 17.6 Å². The lowest BCUT2D eigenvalue weighted by Gasteiger charge is -2.33. The minimum atomic E-state index is -0.325. The molecule has 0 N–H and O–H groups in total. The monoisotopic (exact) mass is 601 g/mol. The number of benzene rings is 4. The second-order valence-corrected chi connectivity index (χ2v) is 11.5. The van der Waals surface area contributed by atoms with Crippen LogP contribution in [0.2, 0.25) is 10.0 Å². The van der Waals surface area contributed by atoms with Gasteiger partial charge >= 0.3 is 0 Å². The summed E-state index contributed by atoms with van der Waals surface area (Å²) in [6, 6.07) is 38.1. The van der Waals surface area contributed by atoms with E-state index in [1.807, 2.05) is 66.2 Å². The molecule has 2 aliphatic rings. The highest BCUT2D eigenvalue weighted by Gasteiger charge is 2.45. The molecule has 0 aliphatic carbocycles. The van der Waals surface area contributed by atoms with Crippen molar-refractivity contribution in [1.82, 2.24) is 9.78 Å². The normalized spacial score (nSPS) is 15.2. The van der Waals surface area contributed by atoms with Crippen LogP contribution in [0.1, 0.15) is 28.6 Å². The zero-order valence-electron chi connectivity index (χ0n) is 23.2. The first-order valence-corrected chi connectivity index (χ1v) is 14.8. The maximum atomic E-state index is 6.65. The topological polar surface area (TPSA) is 49.8 Å². The van der Waals surface area contributed by atoms with Crippen molar-refractivity contribution in [1.29, 1.82) is 0 Å². The Bertz CT molecular complexity index is 2020. The fourth-order valence-corrected chi connectivity index (χ4v) is 6.44. The molecular formula is C35H25Cl2N5O. The third kappa shape index (κ3) is 4.25. The number of aryl methyl sites for hydroxylation is 1. The standard InChI is InChI=1S/C35H25Cl2N5O/c1-22-32-33(31-19-18-30(43-31)26-20-24(36)16-17-27(26)37)41-29-15-9-8-14-28(29)40(21-23-10-4-2-5-11-23)35(41)38-34(32)42(39-22)25-12-6-3-7-13-25/h2-20,33H,21H2,1H3/t33-/m0/s1. The van der Waals surface area contributed by atoms with Gasteiger partial charge in [0, 0.05) is 10.6 Å². The first-order valence-electron chi connectivity index (χ1n) is 14.1. The molecule has 0 spiro atoms. The van der Waals surface area contributed by atoms with E-state index in [9.17, 15) is 0 Å². The number of hydrogen-bond acceptors (Lipinski definition) is 5. The molecule has 4 heterocycles. The van der Waals surface area contributed by atoms with Gasteiger partial charge in [-0.2, -0.15) is 10.1 Å². The molecule has 0 radical (unpaired) electrons. The van der Waals surface area contributed by atoms with E-state index in [4.69, 9.17) is 37.7 Å². The van der Waals surface area contributed by atoms with Crippen LogP contribution < -0.4 is 9.80 Å². The summed E-state index contributed by atoms with van der Waals surface area (Å²) in [6.07, 6.45) is 0. The number of hydrogen-bond donors (Lipinski definition) is 0. The first-order chi connectivity index (χ1) is 21.1. The van der Waals surface area contributed by atoms with Crippen LogP contribution in [-0.4, -0.2) is 15.7 Å². The lowest BCUT2D eigenvalue weighted by Crippen LogP contribution is -2.42. The largest absolute Gasteiger partial charge is 0.458 e. The van der Waals surface area contributed by atoms with Crippen molar-refractivity contribution in [2.45, 2.75) is 19.5 Å². The highest BCUT2D eigenvalue weighted by molar-refractivity contribution is 6.35. The van der Waals surface area contributed by atoms with Crippen molar-refractivity contribution in [2.75, 3.05) is 9.80 Å². The molecule has 4 aromatic carbocycles. The highest BCUT2D eigenvalue weighted by atomic mass is 35.5. The molecule has 6 aromatic rings. The van der Waals surface area contributed by atoms with E-state index in [1.54, 1.807) is 12.1 Å². The predicted molar refractivity (Wildman–Crippen MR) is 173 cm³/mol. The van der Waals surface area contributed by atoms with Gasteiger partial charge in [-0.25, -0.2) is 4.68 Å². The molecule has 2 aliphatic heterocycles. The Morgan fingerprint density at radius 3 is 2.30 bits per heavy atom. The van der Waals surface area contributed by atoms with Crippen molar-refractivity contribution < 1.29 is 4.42 Å². The van der Waals surface area contributed by atoms with Crippen LogP contribution in [0.4, 0.5) is 17.2 Å². The van der Waals surface area contributed by atoms with Crippen molar-refractivity contribution in [3.8, 4) is 17.0 Å².